The van der Waals surface area contributed by atoms with E-state index in [2.05, 4.69) is 216 Å². The first-order chi connectivity index (χ1) is 27.3. The number of para-hydroxylation sites is 2. The first-order valence-corrected chi connectivity index (χ1v) is 19.6. The Bertz CT molecular complexity index is 3170. The van der Waals surface area contributed by atoms with Crippen LogP contribution in [0.1, 0.15) is 0 Å². The van der Waals surface area contributed by atoms with Gasteiger partial charge in [-0.2, -0.15) is 0 Å². The number of aromatic nitrogens is 1. The molecule has 2 nitrogen and oxygen atoms in total. The fourth-order valence-corrected chi connectivity index (χ4v) is 9.72. The first-order valence-electron chi connectivity index (χ1n) is 18.8. The molecular formula is C52H34N2S. The summed E-state index contributed by atoms with van der Waals surface area (Å²) in [6.45, 7) is 0. The predicted octanol–water partition coefficient (Wildman–Crippen LogP) is 15.1. The van der Waals surface area contributed by atoms with E-state index in [-0.39, 0.29) is 0 Å². The standard InChI is InChI=1S/C52H34N2S/c1-2-15-36(16-3-1)42-32-31-37(41-25-12-18-35-17-4-5-21-40(35)41)33-50(42)54(49-29-14-26-46-45-24-8-11-30-51(45)55-52(46)49)39-20-13-19-38(34-39)53-47-27-9-6-22-43(47)44-23-7-10-28-48(44)53/h1-34H. The SMILES string of the molecule is c1ccc(-c2ccc(-c3cccc4ccccc34)cc2N(c2cccc(-n3c4ccccc4c4ccccc43)c2)c2cccc3c2sc2ccccc23)cc1. The molecule has 55 heavy (non-hydrogen) atoms. The maximum atomic E-state index is 2.51. The fourth-order valence-electron chi connectivity index (χ4n) is 8.51. The van der Waals surface area contributed by atoms with E-state index in [9.17, 15) is 0 Å². The van der Waals surface area contributed by atoms with Gasteiger partial charge >= 0.3 is 0 Å². The van der Waals surface area contributed by atoms with E-state index < -0.39 is 0 Å². The van der Waals surface area contributed by atoms with Crippen LogP contribution in [-0.4, -0.2) is 4.57 Å². The topological polar surface area (TPSA) is 8.17 Å². The molecule has 0 aliphatic heterocycles. The third kappa shape index (κ3) is 5.16. The molecule has 0 saturated carbocycles. The number of hydrogen-bond donors (Lipinski definition) is 0. The van der Waals surface area contributed by atoms with Crippen LogP contribution in [0.2, 0.25) is 0 Å². The monoisotopic (exact) mass is 718 g/mol. The van der Waals surface area contributed by atoms with E-state index in [1.807, 2.05) is 11.3 Å². The quantitative estimate of drug-likeness (QED) is 0.166. The Balaban J connectivity index is 1.23. The fraction of sp³-hybridized carbons (Fsp3) is 0. The van der Waals surface area contributed by atoms with E-state index in [1.54, 1.807) is 0 Å². The van der Waals surface area contributed by atoms with Gasteiger partial charge in [0.05, 0.1) is 27.1 Å². The van der Waals surface area contributed by atoms with E-state index in [1.165, 1.54) is 75.0 Å². The molecule has 0 radical (unpaired) electrons. The average molecular weight is 719 g/mol. The zero-order valence-electron chi connectivity index (χ0n) is 29.9. The third-order valence-electron chi connectivity index (χ3n) is 11.0. The van der Waals surface area contributed by atoms with Crippen molar-refractivity contribution in [2.45, 2.75) is 0 Å². The van der Waals surface area contributed by atoms with Gasteiger partial charge in [-0.15, -0.1) is 11.3 Å². The van der Waals surface area contributed by atoms with Gasteiger partial charge in [0, 0.05) is 43.2 Å². The highest BCUT2D eigenvalue weighted by Gasteiger charge is 2.23. The normalized spacial score (nSPS) is 11.6. The molecule has 0 saturated heterocycles. The molecule has 2 heterocycles. The van der Waals surface area contributed by atoms with E-state index >= 15 is 0 Å². The number of rotatable bonds is 6. The molecule has 11 aromatic rings. The minimum absolute atomic E-state index is 1.09. The molecule has 0 fully saturated rings. The summed E-state index contributed by atoms with van der Waals surface area (Å²) in [6.07, 6.45) is 0. The summed E-state index contributed by atoms with van der Waals surface area (Å²) in [7, 11) is 0. The molecule has 0 N–H and O–H groups in total. The Morgan fingerprint density at radius 1 is 0.382 bits per heavy atom. The summed E-state index contributed by atoms with van der Waals surface area (Å²) in [5.41, 5.74) is 11.6. The lowest BCUT2D eigenvalue weighted by Crippen LogP contribution is -2.12. The molecule has 2 aromatic heterocycles. The Hall–Kier alpha value is -6.94. The molecule has 0 amide bonds. The van der Waals surface area contributed by atoms with Crippen molar-refractivity contribution in [1.82, 2.24) is 4.57 Å². The Morgan fingerprint density at radius 3 is 1.84 bits per heavy atom. The largest absolute Gasteiger partial charge is 0.309 e. The van der Waals surface area contributed by atoms with Crippen molar-refractivity contribution in [3.63, 3.8) is 0 Å². The van der Waals surface area contributed by atoms with Crippen LogP contribution in [0.4, 0.5) is 17.1 Å². The van der Waals surface area contributed by atoms with Crippen molar-refractivity contribution in [2.75, 3.05) is 4.90 Å². The smallest absolute Gasteiger partial charge is 0.0640 e. The Kier molecular flexibility index (Phi) is 7.39. The molecule has 0 spiro atoms. The summed E-state index contributed by atoms with van der Waals surface area (Å²) in [5.74, 6) is 0. The minimum Gasteiger partial charge on any atom is -0.309 e. The minimum atomic E-state index is 1.09. The third-order valence-corrected chi connectivity index (χ3v) is 12.2. The molecule has 258 valence electrons. The van der Waals surface area contributed by atoms with Crippen molar-refractivity contribution < 1.29 is 0 Å². The summed E-state index contributed by atoms with van der Waals surface area (Å²) in [6, 6.07) is 75.3. The molecule has 3 heteroatoms. The summed E-state index contributed by atoms with van der Waals surface area (Å²) in [4.78, 5) is 2.51. The molecule has 0 atom stereocenters. The van der Waals surface area contributed by atoms with Crippen LogP contribution >= 0.6 is 11.3 Å². The van der Waals surface area contributed by atoms with Gasteiger partial charge in [-0.05, 0) is 76.0 Å². The van der Waals surface area contributed by atoms with E-state index in [0.717, 1.165) is 22.7 Å². The lowest BCUT2D eigenvalue weighted by atomic mass is 9.94. The Morgan fingerprint density at radius 2 is 1.02 bits per heavy atom. The van der Waals surface area contributed by atoms with Crippen LogP contribution < -0.4 is 4.90 Å². The van der Waals surface area contributed by atoms with Gasteiger partial charge < -0.3 is 9.47 Å². The van der Waals surface area contributed by atoms with Gasteiger partial charge in [0.15, 0.2) is 0 Å². The zero-order chi connectivity index (χ0) is 36.3. The second-order valence-corrected chi connectivity index (χ2v) is 15.2. The van der Waals surface area contributed by atoms with Gasteiger partial charge in [-0.1, -0.05) is 158 Å². The number of thiophene rings is 1. The van der Waals surface area contributed by atoms with Crippen LogP contribution in [0.5, 0.6) is 0 Å². The number of fused-ring (bicyclic) bond motifs is 7. The maximum Gasteiger partial charge on any atom is 0.0640 e. The van der Waals surface area contributed by atoms with Crippen molar-refractivity contribution in [3.05, 3.63) is 206 Å². The van der Waals surface area contributed by atoms with Crippen LogP contribution in [0.15, 0.2) is 206 Å². The van der Waals surface area contributed by atoms with Gasteiger partial charge in [-0.25, -0.2) is 0 Å². The summed E-state index contributed by atoms with van der Waals surface area (Å²) < 4.78 is 4.97. The molecule has 0 unspecified atom stereocenters. The first kappa shape index (κ1) is 31.6. The van der Waals surface area contributed by atoms with E-state index in [4.69, 9.17) is 0 Å². The van der Waals surface area contributed by atoms with Gasteiger partial charge in [0.2, 0.25) is 0 Å². The van der Waals surface area contributed by atoms with Crippen molar-refractivity contribution in [2.24, 2.45) is 0 Å². The summed E-state index contributed by atoms with van der Waals surface area (Å²) in [5, 5.41) is 7.55. The predicted molar refractivity (Wildman–Crippen MR) is 237 cm³/mol. The molecule has 0 aliphatic rings. The molecular weight excluding hydrogens is 685 g/mol. The van der Waals surface area contributed by atoms with Crippen molar-refractivity contribution in [1.29, 1.82) is 0 Å². The number of hydrogen-bond acceptors (Lipinski definition) is 2. The van der Waals surface area contributed by atoms with E-state index in [0.29, 0.717) is 0 Å². The second-order valence-electron chi connectivity index (χ2n) is 14.1. The Labute approximate surface area is 323 Å². The zero-order valence-corrected chi connectivity index (χ0v) is 30.7. The molecule has 11 rings (SSSR count). The van der Waals surface area contributed by atoms with Gasteiger partial charge in [0.1, 0.15) is 0 Å². The highest BCUT2D eigenvalue weighted by atomic mass is 32.1. The maximum absolute atomic E-state index is 2.51. The highest BCUT2D eigenvalue weighted by molar-refractivity contribution is 7.26. The second kappa shape index (κ2) is 12.9. The van der Waals surface area contributed by atoms with Crippen molar-refractivity contribution >= 4 is 81.1 Å². The highest BCUT2D eigenvalue weighted by Crippen LogP contribution is 2.49. The van der Waals surface area contributed by atoms with Crippen LogP contribution in [-0.2, 0) is 0 Å². The van der Waals surface area contributed by atoms with Crippen LogP contribution in [0.25, 0.3) is 80.7 Å². The van der Waals surface area contributed by atoms with Gasteiger partial charge in [-0.3, -0.25) is 0 Å². The average Bonchev–Trinajstić information content (AvgIpc) is 3.81. The number of benzene rings is 9. The number of nitrogens with zero attached hydrogens (tertiary/aromatic N) is 2. The summed E-state index contributed by atoms with van der Waals surface area (Å²) >= 11 is 1.87. The molecule has 0 aliphatic carbocycles. The lowest BCUT2D eigenvalue weighted by Gasteiger charge is -2.29. The van der Waals surface area contributed by atoms with Crippen molar-refractivity contribution in [3.8, 4) is 27.9 Å². The molecule has 9 aromatic carbocycles. The van der Waals surface area contributed by atoms with Gasteiger partial charge in [0.25, 0.3) is 0 Å². The van der Waals surface area contributed by atoms with Crippen LogP contribution in [0.3, 0.4) is 0 Å². The number of anilines is 3. The molecule has 0 bridgehead atoms. The van der Waals surface area contributed by atoms with Crippen LogP contribution in [0, 0.1) is 0 Å². The lowest BCUT2D eigenvalue weighted by molar-refractivity contribution is 1.17.